The highest BCUT2D eigenvalue weighted by atomic mass is 35.5. The van der Waals surface area contributed by atoms with Gasteiger partial charge in [-0.2, -0.15) is 0 Å². The monoisotopic (exact) mass is 219 g/mol. The van der Waals surface area contributed by atoms with Crippen LogP contribution in [0.1, 0.15) is 13.8 Å². The van der Waals surface area contributed by atoms with Crippen LogP contribution in [-0.4, -0.2) is 19.3 Å². The second-order valence-corrected chi connectivity index (χ2v) is 4.50. The molecule has 4 heteroatoms. The molecule has 1 heterocycles. The molecule has 0 saturated heterocycles. The van der Waals surface area contributed by atoms with Gasteiger partial charge in [-0.3, -0.25) is 0 Å². The van der Waals surface area contributed by atoms with E-state index in [0.29, 0.717) is 0 Å². The van der Waals surface area contributed by atoms with Crippen LogP contribution in [0.2, 0.25) is 4.34 Å². The molecule has 1 rings (SSSR count). The molecule has 2 unspecified atom stereocenters. The molecule has 0 amide bonds. The van der Waals surface area contributed by atoms with Crippen molar-refractivity contribution in [3.8, 4) is 0 Å². The molecule has 1 N–H and O–H groups in total. The van der Waals surface area contributed by atoms with E-state index in [1.54, 1.807) is 7.11 Å². The van der Waals surface area contributed by atoms with Crippen LogP contribution in [0.3, 0.4) is 0 Å². The van der Waals surface area contributed by atoms with Crippen LogP contribution in [0.5, 0.6) is 0 Å². The molecule has 2 nitrogen and oxygen atoms in total. The van der Waals surface area contributed by atoms with Gasteiger partial charge in [-0.1, -0.05) is 11.6 Å². The van der Waals surface area contributed by atoms with Crippen LogP contribution in [0.15, 0.2) is 11.4 Å². The first-order chi connectivity index (χ1) is 6.15. The Balaban J connectivity index is 2.54. The lowest BCUT2D eigenvalue weighted by Gasteiger charge is -2.20. The minimum atomic E-state index is 0.177. The molecule has 74 valence electrons. The van der Waals surface area contributed by atoms with E-state index in [4.69, 9.17) is 16.3 Å². The molecule has 0 saturated carbocycles. The number of anilines is 1. The highest BCUT2D eigenvalue weighted by Crippen LogP contribution is 2.28. The Hall–Kier alpha value is -0.250. The molecule has 2 atom stereocenters. The third-order valence-corrected chi connectivity index (χ3v) is 3.25. The van der Waals surface area contributed by atoms with Gasteiger partial charge in [0.05, 0.1) is 11.8 Å². The Labute approximate surface area is 87.9 Å². The second-order valence-electron chi connectivity index (χ2n) is 2.98. The maximum Gasteiger partial charge on any atom is 0.116 e. The number of nitrogens with one attached hydrogen (secondary N) is 1. The summed E-state index contributed by atoms with van der Waals surface area (Å²) >= 11 is 7.47. The summed E-state index contributed by atoms with van der Waals surface area (Å²) in [6, 6.07) is 2.24. The summed E-state index contributed by atoms with van der Waals surface area (Å²) in [7, 11) is 1.71. The first kappa shape index (κ1) is 10.8. The van der Waals surface area contributed by atoms with Gasteiger partial charge >= 0.3 is 0 Å². The Kier molecular flexibility index (Phi) is 4.03. The van der Waals surface area contributed by atoms with Crippen molar-refractivity contribution >= 4 is 28.6 Å². The van der Waals surface area contributed by atoms with Gasteiger partial charge in [-0.25, -0.2) is 0 Å². The lowest BCUT2D eigenvalue weighted by molar-refractivity contribution is 0.106. The van der Waals surface area contributed by atoms with Crippen molar-refractivity contribution in [3.63, 3.8) is 0 Å². The number of ether oxygens (including phenoxy) is 1. The molecular weight excluding hydrogens is 206 g/mol. The minimum Gasteiger partial charge on any atom is -0.380 e. The van der Waals surface area contributed by atoms with Crippen molar-refractivity contribution in [1.29, 1.82) is 0 Å². The summed E-state index contributed by atoms with van der Waals surface area (Å²) < 4.78 is 6.00. The molecule has 0 aromatic carbocycles. The van der Waals surface area contributed by atoms with Gasteiger partial charge in [0.1, 0.15) is 4.34 Å². The van der Waals surface area contributed by atoms with Gasteiger partial charge in [0.25, 0.3) is 0 Å². The van der Waals surface area contributed by atoms with E-state index >= 15 is 0 Å². The van der Waals surface area contributed by atoms with E-state index in [9.17, 15) is 0 Å². The Bertz CT molecular complexity index is 264. The number of halogens is 1. The quantitative estimate of drug-likeness (QED) is 0.840. The topological polar surface area (TPSA) is 21.3 Å². The molecule has 13 heavy (non-hydrogen) atoms. The van der Waals surface area contributed by atoms with Crippen LogP contribution in [0, 0.1) is 0 Å². The van der Waals surface area contributed by atoms with E-state index in [-0.39, 0.29) is 12.1 Å². The third-order valence-electron chi connectivity index (χ3n) is 2.08. The van der Waals surface area contributed by atoms with E-state index in [1.807, 2.05) is 18.4 Å². The Morgan fingerprint density at radius 1 is 1.54 bits per heavy atom. The van der Waals surface area contributed by atoms with Crippen molar-refractivity contribution in [3.05, 3.63) is 15.8 Å². The van der Waals surface area contributed by atoms with Crippen LogP contribution >= 0.6 is 22.9 Å². The SMILES string of the molecule is COC(C)C(C)Nc1ccsc1Cl. The van der Waals surface area contributed by atoms with E-state index in [2.05, 4.69) is 12.2 Å². The second kappa shape index (κ2) is 4.84. The van der Waals surface area contributed by atoms with Gasteiger partial charge in [0.2, 0.25) is 0 Å². The lowest BCUT2D eigenvalue weighted by atomic mass is 10.2. The molecule has 0 bridgehead atoms. The van der Waals surface area contributed by atoms with E-state index in [0.717, 1.165) is 10.0 Å². The first-order valence-corrected chi connectivity index (χ1v) is 5.43. The summed E-state index contributed by atoms with van der Waals surface area (Å²) in [5.74, 6) is 0. The highest BCUT2D eigenvalue weighted by molar-refractivity contribution is 7.15. The predicted octanol–water partition coefficient (Wildman–Crippen LogP) is 3.24. The largest absolute Gasteiger partial charge is 0.380 e. The Morgan fingerprint density at radius 2 is 2.23 bits per heavy atom. The van der Waals surface area contributed by atoms with Gasteiger partial charge in [-0.15, -0.1) is 11.3 Å². The van der Waals surface area contributed by atoms with Crippen LogP contribution in [0.4, 0.5) is 5.69 Å². The fourth-order valence-corrected chi connectivity index (χ4v) is 1.81. The zero-order valence-corrected chi connectivity index (χ0v) is 9.58. The summed E-state index contributed by atoms with van der Waals surface area (Å²) in [4.78, 5) is 0. The highest BCUT2D eigenvalue weighted by Gasteiger charge is 2.12. The maximum absolute atomic E-state index is 5.95. The fraction of sp³-hybridized carbons (Fsp3) is 0.556. The third kappa shape index (κ3) is 2.86. The summed E-state index contributed by atoms with van der Waals surface area (Å²) in [5, 5.41) is 5.26. The van der Waals surface area contributed by atoms with Gasteiger partial charge in [-0.05, 0) is 25.3 Å². The molecule has 0 fully saturated rings. The number of rotatable bonds is 4. The molecule has 1 aromatic rings. The van der Waals surface area contributed by atoms with Gasteiger partial charge < -0.3 is 10.1 Å². The van der Waals surface area contributed by atoms with Gasteiger partial charge in [0, 0.05) is 13.2 Å². The van der Waals surface area contributed by atoms with Crippen molar-refractivity contribution < 1.29 is 4.74 Å². The molecule has 0 aliphatic heterocycles. The number of thiophene rings is 1. The molecule has 0 aliphatic rings. The van der Waals surface area contributed by atoms with Crippen molar-refractivity contribution in [1.82, 2.24) is 0 Å². The number of methoxy groups -OCH3 is 1. The van der Waals surface area contributed by atoms with Crippen molar-refractivity contribution in [2.45, 2.75) is 26.0 Å². The molecule has 0 spiro atoms. The van der Waals surface area contributed by atoms with Gasteiger partial charge in [0.15, 0.2) is 0 Å². The van der Waals surface area contributed by atoms with Crippen molar-refractivity contribution in [2.75, 3.05) is 12.4 Å². The molecule has 0 radical (unpaired) electrons. The summed E-state index contributed by atoms with van der Waals surface area (Å²) in [6.07, 6.45) is 0.177. The van der Waals surface area contributed by atoms with Crippen molar-refractivity contribution in [2.24, 2.45) is 0 Å². The molecular formula is C9H14ClNOS. The summed E-state index contributed by atoms with van der Waals surface area (Å²) in [6.45, 7) is 4.10. The minimum absolute atomic E-state index is 0.177. The predicted molar refractivity (Wildman–Crippen MR) is 58.9 cm³/mol. The Morgan fingerprint density at radius 3 is 2.69 bits per heavy atom. The average Bonchev–Trinajstić information content (AvgIpc) is 2.50. The molecule has 1 aromatic heterocycles. The number of hydrogen-bond donors (Lipinski definition) is 1. The molecule has 0 aliphatic carbocycles. The smallest absolute Gasteiger partial charge is 0.116 e. The lowest BCUT2D eigenvalue weighted by Crippen LogP contribution is -2.29. The number of hydrogen-bond acceptors (Lipinski definition) is 3. The van der Waals surface area contributed by atoms with Crippen LogP contribution < -0.4 is 5.32 Å². The standard InChI is InChI=1S/C9H14ClNOS/c1-6(7(2)12-3)11-8-4-5-13-9(8)10/h4-7,11H,1-3H3. The van der Waals surface area contributed by atoms with Crippen LogP contribution in [-0.2, 0) is 4.74 Å². The van der Waals surface area contributed by atoms with Crippen LogP contribution in [0.25, 0.3) is 0 Å². The normalized spacial score (nSPS) is 15.4. The average molecular weight is 220 g/mol. The maximum atomic E-state index is 5.95. The van der Waals surface area contributed by atoms with E-state index < -0.39 is 0 Å². The summed E-state index contributed by atoms with van der Waals surface area (Å²) in [5.41, 5.74) is 0.989. The fourth-order valence-electron chi connectivity index (χ4n) is 0.962. The first-order valence-electron chi connectivity index (χ1n) is 4.17. The zero-order chi connectivity index (χ0) is 9.84. The van der Waals surface area contributed by atoms with E-state index in [1.165, 1.54) is 11.3 Å². The zero-order valence-electron chi connectivity index (χ0n) is 8.00.